The number of piperidine rings is 1. The summed E-state index contributed by atoms with van der Waals surface area (Å²) in [7, 11) is 0. The number of nitrogens with zero attached hydrogens (tertiary/aromatic N) is 2. The lowest BCUT2D eigenvalue weighted by Gasteiger charge is -2.29. The van der Waals surface area contributed by atoms with Gasteiger partial charge in [0.25, 0.3) is 5.91 Å². The third-order valence-electron chi connectivity index (χ3n) is 5.33. The molecule has 0 radical (unpaired) electrons. The SMILES string of the molecule is CC(C)(C)OC(=O)N1CCc2c(Br)cc3c(c21)CN(C1CCC(=O)NC1=O)C3=O. The molecule has 0 spiro atoms. The number of amides is 4. The van der Waals surface area contributed by atoms with E-state index >= 15 is 0 Å². The molecule has 29 heavy (non-hydrogen) atoms. The summed E-state index contributed by atoms with van der Waals surface area (Å²) >= 11 is 3.53. The summed E-state index contributed by atoms with van der Waals surface area (Å²) in [5.41, 5.74) is 2.19. The Morgan fingerprint density at radius 2 is 1.93 bits per heavy atom. The van der Waals surface area contributed by atoms with Crippen LogP contribution in [0.4, 0.5) is 10.5 Å². The van der Waals surface area contributed by atoms with Crippen LogP contribution in [0.15, 0.2) is 10.5 Å². The Kier molecular flexibility index (Phi) is 4.68. The number of nitrogens with one attached hydrogen (secondary N) is 1. The summed E-state index contributed by atoms with van der Waals surface area (Å²) in [6, 6.07) is 1.07. The molecule has 1 unspecified atom stereocenters. The molecule has 8 nitrogen and oxygen atoms in total. The molecule has 1 aromatic rings. The van der Waals surface area contributed by atoms with Gasteiger partial charge in [-0.25, -0.2) is 4.79 Å². The second-order valence-corrected chi connectivity index (χ2v) is 9.35. The maximum absolute atomic E-state index is 13.1. The monoisotopic (exact) mass is 463 g/mol. The number of hydrogen-bond acceptors (Lipinski definition) is 5. The van der Waals surface area contributed by atoms with E-state index in [0.29, 0.717) is 30.6 Å². The first-order chi connectivity index (χ1) is 13.6. The highest BCUT2D eigenvalue weighted by Gasteiger charge is 2.43. The lowest BCUT2D eigenvalue weighted by molar-refractivity contribution is -0.136. The van der Waals surface area contributed by atoms with Gasteiger partial charge in [0.05, 0.1) is 5.69 Å². The van der Waals surface area contributed by atoms with Crippen LogP contribution in [0.25, 0.3) is 0 Å². The summed E-state index contributed by atoms with van der Waals surface area (Å²) in [4.78, 5) is 52.7. The summed E-state index contributed by atoms with van der Waals surface area (Å²) in [6.45, 7) is 6.10. The Morgan fingerprint density at radius 3 is 2.59 bits per heavy atom. The van der Waals surface area contributed by atoms with Gasteiger partial charge in [0, 0.05) is 35.1 Å². The number of carbonyl (C=O) groups is 4. The minimum atomic E-state index is -0.696. The third kappa shape index (κ3) is 3.41. The van der Waals surface area contributed by atoms with Crippen molar-refractivity contribution in [3.63, 3.8) is 0 Å². The lowest BCUT2D eigenvalue weighted by Crippen LogP contribution is -2.52. The van der Waals surface area contributed by atoms with E-state index < -0.39 is 23.6 Å². The summed E-state index contributed by atoms with van der Waals surface area (Å²) in [5, 5.41) is 2.30. The van der Waals surface area contributed by atoms with Crippen LogP contribution in [0.3, 0.4) is 0 Å². The highest BCUT2D eigenvalue weighted by atomic mass is 79.9. The molecule has 0 bridgehead atoms. The molecule has 3 aliphatic rings. The molecule has 0 aromatic heterocycles. The first kappa shape index (κ1) is 19.9. The van der Waals surface area contributed by atoms with Crippen LogP contribution in [0.1, 0.15) is 55.1 Å². The molecule has 1 atom stereocenters. The number of benzene rings is 1. The molecule has 1 fully saturated rings. The topological polar surface area (TPSA) is 96.0 Å². The van der Waals surface area contributed by atoms with E-state index in [1.165, 1.54) is 4.90 Å². The quantitative estimate of drug-likeness (QED) is 0.645. The first-order valence-corrected chi connectivity index (χ1v) is 10.4. The fourth-order valence-corrected chi connectivity index (χ4v) is 4.72. The van der Waals surface area contributed by atoms with E-state index in [4.69, 9.17) is 4.74 Å². The van der Waals surface area contributed by atoms with Crippen LogP contribution in [-0.4, -0.2) is 46.9 Å². The Hall–Kier alpha value is -2.42. The van der Waals surface area contributed by atoms with Gasteiger partial charge in [-0.2, -0.15) is 0 Å². The number of fused-ring (bicyclic) bond motifs is 3. The highest BCUT2D eigenvalue weighted by Crippen LogP contribution is 2.43. The molecule has 1 saturated heterocycles. The lowest BCUT2D eigenvalue weighted by atomic mass is 10.0. The van der Waals surface area contributed by atoms with Crippen molar-refractivity contribution in [2.75, 3.05) is 11.4 Å². The Labute approximate surface area is 176 Å². The van der Waals surface area contributed by atoms with Crippen molar-refractivity contribution < 1.29 is 23.9 Å². The van der Waals surface area contributed by atoms with Crippen molar-refractivity contribution >= 4 is 45.4 Å². The Morgan fingerprint density at radius 1 is 1.21 bits per heavy atom. The van der Waals surface area contributed by atoms with E-state index in [9.17, 15) is 19.2 Å². The highest BCUT2D eigenvalue weighted by molar-refractivity contribution is 9.10. The van der Waals surface area contributed by atoms with E-state index in [1.807, 2.05) is 20.8 Å². The predicted molar refractivity (Wildman–Crippen MR) is 107 cm³/mol. The molecule has 3 aliphatic heterocycles. The molecular formula is C20H22BrN3O5. The summed E-state index contributed by atoms with van der Waals surface area (Å²) < 4.78 is 6.31. The fraction of sp³-hybridized carbons (Fsp3) is 0.500. The molecule has 1 aromatic carbocycles. The standard InChI is InChI=1S/C20H22BrN3O5/c1-20(2,3)29-19(28)23-7-6-10-13(21)8-11-12(16(10)23)9-24(18(11)27)14-4-5-15(25)22-17(14)26/h8,14H,4-7,9H2,1-3H3,(H,22,25,26). The maximum atomic E-state index is 13.1. The molecular weight excluding hydrogens is 442 g/mol. The maximum Gasteiger partial charge on any atom is 0.414 e. The van der Waals surface area contributed by atoms with Gasteiger partial charge in [0.15, 0.2) is 0 Å². The predicted octanol–water partition coefficient (Wildman–Crippen LogP) is 2.51. The van der Waals surface area contributed by atoms with Gasteiger partial charge in [-0.3, -0.25) is 24.6 Å². The molecule has 1 N–H and O–H groups in total. The molecule has 0 aliphatic carbocycles. The first-order valence-electron chi connectivity index (χ1n) is 9.56. The Balaban J connectivity index is 1.70. The summed E-state index contributed by atoms with van der Waals surface area (Å²) in [5.74, 6) is -1.05. The van der Waals surface area contributed by atoms with Crippen LogP contribution < -0.4 is 10.2 Å². The largest absolute Gasteiger partial charge is 0.443 e. The molecule has 4 rings (SSSR count). The second kappa shape index (κ2) is 6.83. The van der Waals surface area contributed by atoms with Gasteiger partial charge < -0.3 is 9.64 Å². The number of ether oxygens (including phenoxy) is 1. The van der Waals surface area contributed by atoms with Crippen molar-refractivity contribution in [2.45, 2.75) is 58.2 Å². The fourth-order valence-electron chi connectivity index (χ4n) is 4.10. The van der Waals surface area contributed by atoms with Gasteiger partial charge >= 0.3 is 6.09 Å². The minimum Gasteiger partial charge on any atom is -0.443 e. The zero-order chi connectivity index (χ0) is 21.1. The van der Waals surface area contributed by atoms with E-state index in [0.717, 1.165) is 15.6 Å². The minimum absolute atomic E-state index is 0.197. The van der Waals surface area contributed by atoms with Crippen LogP contribution in [0.5, 0.6) is 0 Å². The van der Waals surface area contributed by atoms with Crippen molar-refractivity contribution in [1.29, 1.82) is 0 Å². The number of hydrogen-bond donors (Lipinski definition) is 1. The molecule has 9 heteroatoms. The van der Waals surface area contributed by atoms with Crippen molar-refractivity contribution in [2.24, 2.45) is 0 Å². The van der Waals surface area contributed by atoms with Gasteiger partial charge in [-0.05, 0) is 45.2 Å². The average Bonchev–Trinajstić information content (AvgIpc) is 3.17. The average molecular weight is 464 g/mol. The zero-order valence-electron chi connectivity index (χ0n) is 16.5. The van der Waals surface area contributed by atoms with Crippen molar-refractivity contribution in [3.05, 3.63) is 27.2 Å². The molecule has 154 valence electrons. The van der Waals surface area contributed by atoms with Gasteiger partial charge in [-0.15, -0.1) is 0 Å². The van der Waals surface area contributed by atoms with Crippen molar-refractivity contribution in [1.82, 2.24) is 10.2 Å². The zero-order valence-corrected chi connectivity index (χ0v) is 18.1. The number of carbonyl (C=O) groups excluding carboxylic acids is 4. The molecule has 3 heterocycles. The number of anilines is 1. The number of rotatable bonds is 1. The van der Waals surface area contributed by atoms with Gasteiger partial charge in [0.1, 0.15) is 11.6 Å². The van der Waals surface area contributed by atoms with Crippen LogP contribution >= 0.6 is 15.9 Å². The van der Waals surface area contributed by atoms with Crippen LogP contribution in [-0.2, 0) is 27.3 Å². The normalized spacial score (nSPS) is 21.2. The second-order valence-electron chi connectivity index (χ2n) is 8.49. The van der Waals surface area contributed by atoms with Gasteiger partial charge in [0.2, 0.25) is 11.8 Å². The summed E-state index contributed by atoms with van der Waals surface area (Å²) in [6.07, 6.45) is 0.685. The Bertz CT molecular complexity index is 952. The van der Waals surface area contributed by atoms with Crippen molar-refractivity contribution in [3.8, 4) is 0 Å². The molecule has 4 amide bonds. The number of halogens is 1. The van der Waals surface area contributed by atoms with E-state index in [-0.39, 0.29) is 24.8 Å². The van der Waals surface area contributed by atoms with Crippen LogP contribution in [0, 0.1) is 0 Å². The third-order valence-corrected chi connectivity index (χ3v) is 6.04. The van der Waals surface area contributed by atoms with Crippen LogP contribution in [0.2, 0.25) is 0 Å². The van der Waals surface area contributed by atoms with E-state index in [2.05, 4.69) is 21.2 Å². The molecule has 0 saturated carbocycles. The van der Waals surface area contributed by atoms with Gasteiger partial charge in [-0.1, -0.05) is 15.9 Å². The number of imide groups is 1. The van der Waals surface area contributed by atoms with E-state index in [1.54, 1.807) is 11.0 Å². The smallest absolute Gasteiger partial charge is 0.414 e.